The molecule has 7 heteroatoms. The molecule has 23 heavy (non-hydrogen) atoms. The van der Waals surface area contributed by atoms with E-state index >= 15 is 0 Å². The molecule has 0 N–H and O–H groups in total. The number of ketones is 1. The second-order valence-electron chi connectivity index (χ2n) is 4.70. The summed E-state index contributed by atoms with van der Waals surface area (Å²) in [6, 6.07) is 10.2. The largest absolute Gasteiger partial charge is 0.292 e. The van der Waals surface area contributed by atoms with Gasteiger partial charge in [-0.2, -0.15) is 12.8 Å². The van der Waals surface area contributed by atoms with Gasteiger partial charge in [0.05, 0.1) is 10.6 Å². The van der Waals surface area contributed by atoms with Gasteiger partial charge in [-0.25, -0.2) is 0 Å². The van der Waals surface area contributed by atoms with Gasteiger partial charge < -0.3 is 0 Å². The number of rotatable bonds is 4. The fraction of sp³-hybridized carbons (Fsp3) is 0.125. The number of fused-ring (bicyclic) bond motifs is 1. The molecule has 0 unspecified atom stereocenters. The highest BCUT2D eigenvalue weighted by molar-refractivity contribution is 8.04. The Balaban J connectivity index is 2.16. The molecule has 0 amide bonds. The van der Waals surface area contributed by atoms with Crippen LogP contribution in [0.15, 0.2) is 61.4 Å². The number of thioether (sulfide) groups is 1. The number of allylic oxidation sites excluding steroid dienone is 2. The lowest BCUT2D eigenvalue weighted by Gasteiger charge is -2.16. The van der Waals surface area contributed by atoms with E-state index in [4.69, 9.17) is 0 Å². The second-order valence-corrected chi connectivity index (χ2v) is 8.78. The van der Waals surface area contributed by atoms with Gasteiger partial charge in [0.1, 0.15) is 4.21 Å². The van der Waals surface area contributed by atoms with Crippen molar-refractivity contribution in [1.29, 1.82) is 0 Å². The number of carbonyl (C=O) groups is 1. The summed E-state index contributed by atoms with van der Waals surface area (Å²) in [5.74, 6) is 0.643. The molecule has 1 aliphatic carbocycles. The summed E-state index contributed by atoms with van der Waals surface area (Å²) in [5, 5.41) is 1.69. The lowest BCUT2D eigenvalue weighted by Crippen LogP contribution is -2.17. The van der Waals surface area contributed by atoms with Gasteiger partial charge in [0, 0.05) is 11.1 Å². The zero-order chi connectivity index (χ0) is 16.4. The Hall–Kier alpha value is -1.70. The van der Waals surface area contributed by atoms with Crippen LogP contribution in [0.1, 0.15) is 22.8 Å². The predicted molar refractivity (Wildman–Crippen MR) is 95.0 cm³/mol. The first-order chi connectivity index (χ1) is 11.0. The molecule has 1 aromatic heterocycles. The number of benzene rings is 1. The maximum atomic E-state index is 12.5. The van der Waals surface area contributed by atoms with Crippen molar-refractivity contribution in [2.24, 2.45) is 4.40 Å². The minimum Gasteiger partial charge on any atom is -0.288 e. The predicted octanol–water partition coefficient (Wildman–Crippen LogP) is 3.76. The average Bonchev–Trinajstić information content (AvgIpc) is 3.07. The number of nitrogens with zero attached hydrogens (tertiary/aromatic N) is 1. The average molecular weight is 363 g/mol. The van der Waals surface area contributed by atoms with E-state index in [1.807, 2.05) is 6.92 Å². The SMILES string of the molecule is CCSC1=C/C(=N/S(=O)(=O)c2cccs2)c2ccccc2C1=O. The highest BCUT2D eigenvalue weighted by Gasteiger charge is 2.26. The molecule has 0 fully saturated rings. The summed E-state index contributed by atoms with van der Waals surface area (Å²) >= 11 is 2.51. The topological polar surface area (TPSA) is 63.6 Å². The van der Waals surface area contributed by atoms with Gasteiger partial charge >= 0.3 is 0 Å². The van der Waals surface area contributed by atoms with Crippen molar-refractivity contribution in [2.75, 3.05) is 5.75 Å². The van der Waals surface area contributed by atoms with Crippen LogP contribution in [-0.4, -0.2) is 25.7 Å². The Morgan fingerprint density at radius 2 is 1.87 bits per heavy atom. The summed E-state index contributed by atoms with van der Waals surface area (Å²) < 4.78 is 29.0. The Morgan fingerprint density at radius 1 is 1.13 bits per heavy atom. The molecule has 0 bridgehead atoms. The van der Waals surface area contributed by atoms with Crippen LogP contribution in [0.2, 0.25) is 0 Å². The number of hydrogen-bond acceptors (Lipinski definition) is 5. The van der Waals surface area contributed by atoms with Crippen molar-refractivity contribution in [2.45, 2.75) is 11.1 Å². The summed E-state index contributed by atoms with van der Waals surface area (Å²) in [7, 11) is -3.77. The van der Waals surface area contributed by atoms with Crippen molar-refractivity contribution in [3.8, 4) is 0 Å². The van der Waals surface area contributed by atoms with Gasteiger partial charge in [-0.05, 0) is 23.3 Å². The van der Waals surface area contributed by atoms with E-state index in [1.165, 1.54) is 17.8 Å². The smallest absolute Gasteiger partial charge is 0.288 e. The van der Waals surface area contributed by atoms with Crippen molar-refractivity contribution in [1.82, 2.24) is 0 Å². The van der Waals surface area contributed by atoms with Crippen LogP contribution in [0.25, 0.3) is 0 Å². The fourth-order valence-electron chi connectivity index (χ4n) is 2.23. The summed E-state index contributed by atoms with van der Waals surface area (Å²) in [4.78, 5) is 13.0. The number of sulfonamides is 1. The van der Waals surface area contributed by atoms with E-state index in [-0.39, 0.29) is 9.99 Å². The summed E-state index contributed by atoms with van der Waals surface area (Å²) in [6.07, 6.45) is 1.57. The minimum atomic E-state index is -3.77. The lowest BCUT2D eigenvalue weighted by molar-refractivity contribution is 0.104. The van der Waals surface area contributed by atoms with Crippen LogP contribution in [-0.2, 0) is 10.0 Å². The molecule has 1 heterocycles. The fourth-order valence-corrected chi connectivity index (χ4v) is 4.94. The molecule has 3 rings (SSSR count). The van der Waals surface area contributed by atoms with Crippen molar-refractivity contribution in [3.05, 3.63) is 63.9 Å². The second kappa shape index (κ2) is 6.43. The first kappa shape index (κ1) is 16.2. The third-order valence-electron chi connectivity index (χ3n) is 3.21. The van der Waals surface area contributed by atoms with E-state index in [2.05, 4.69) is 4.40 Å². The Kier molecular flexibility index (Phi) is 4.52. The van der Waals surface area contributed by atoms with E-state index in [0.29, 0.717) is 21.7 Å². The van der Waals surface area contributed by atoms with Crippen molar-refractivity contribution < 1.29 is 13.2 Å². The van der Waals surface area contributed by atoms with E-state index in [0.717, 1.165) is 17.1 Å². The van der Waals surface area contributed by atoms with Crippen molar-refractivity contribution >= 4 is 44.6 Å². The minimum absolute atomic E-state index is 0.0834. The van der Waals surface area contributed by atoms with Crippen LogP contribution >= 0.6 is 23.1 Å². The monoisotopic (exact) mass is 363 g/mol. The Labute approximate surface area is 143 Å². The maximum Gasteiger partial charge on any atom is 0.292 e. The third kappa shape index (κ3) is 3.17. The Bertz CT molecular complexity index is 910. The summed E-state index contributed by atoms with van der Waals surface area (Å²) in [5.41, 5.74) is 1.36. The van der Waals surface area contributed by atoms with Crippen LogP contribution in [0, 0.1) is 0 Å². The van der Waals surface area contributed by atoms with Gasteiger partial charge in [-0.1, -0.05) is 37.3 Å². The number of hydrogen-bond donors (Lipinski definition) is 0. The van der Waals surface area contributed by atoms with Gasteiger partial charge in [0.15, 0.2) is 5.78 Å². The van der Waals surface area contributed by atoms with Crippen LogP contribution in [0.4, 0.5) is 0 Å². The molecule has 0 aliphatic heterocycles. The van der Waals surface area contributed by atoms with E-state index in [9.17, 15) is 13.2 Å². The number of thiophene rings is 1. The van der Waals surface area contributed by atoms with Crippen molar-refractivity contribution in [3.63, 3.8) is 0 Å². The molecular formula is C16H13NO3S3. The molecule has 1 aromatic carbocycles. The maximum absolute atomic E-state index is 12.5. The molecule has 118 valence electrons. The lowest BCUT2D eigenvalue weighted by atomic mass is 9.94. The first-order valence-corrected chi connectivity index (χ1v) is 10.2. The standard InChI is InChI=1S/C16H13NO3S3/c1-2-21-14-10-13(11-6-3-4-7-12(11)16(14)18)17-23(19,20)15-8-5-9-22-15/h3-10H,2H2,1H3/b17-13-. The first-order valence-electron chi connectivity index (χ1n) is 6.90. The van der Waals surface area contributed by atoms with Gasteiger partial charge in [-0.3, -0.25) is 4.79 Å². The molecule has 2 aromatic rings. The van der Waals surface area contributed by atoms with Crippen LogP contribution in [0.3, 0.4) is 0 Å². The normalized spacial score (nSPS) is 16.3. The highest BCUT2D eigenvalue weighted by atomic mass is 32.2. The van der Waals surface area contributed by atoms with Gasteiger partial charge in [0.25, 0.3) is 10.0 Å². The molecule has 0 saturated carbocycles. The summed E-state index contributed by atoms with van der Waals surface area (Å²) in [6.45, 7) is 1.94. The molecule has 1 aliphatic rings. The van der Waals surface area contributed by atoms with Gasteiger partial charge in [0.2, 0.25) is 0 Å². The number of carbonyl (C=O) groups excluding carboxylic acids is 1. The van der Waals surface area contributed by atoms with Gasteiger partial charge in [-0.15, -0.1) is 23.1 Å². The van der Waals surface area contributed by atoms with E-state index < -0.39 is 10.0 Å². The molecule has 0 atom stereocenters. The molecule has 0 radical (unpaired) electrons. The number of Topliss-reactive ketones (excluding diaryl/α,β-unsaturated/α-hetero) is 1. The zero-order valence-corrected chi connectivity index (χ0v) is 14.7. The van der Waals surface area contributed by atoms with Crippen LogP contribution < -0.4 is 0 Å². The highest BCUT2D eigenvalue weighted by Crippen LogP contribution is 2.29. The Morgan fingerprint density at radius 3 is 2.52 bits per heavy atom. The third-order valence-corrected chi connectivity index (χ3v) is 6.77. The quantitative estimate of drug-likeness (QED) is 0.830. The molecule has 0 spiro atoms. The van der Waals surface area contributed by atoms with Crippen LogP contribution in [0.5, 0.6) is 0 Å². The zero-order valence-electron chi connectivity index (χ0n) is 12.2. The van der Waals surface area contributed by atoms with E-state index in [1.54, 1.807) is 41.8 Å². The molecule has 4 nitrogen and oxygen atoms in total. The molecular weight excluding hydrogens is 350 g/mol. The molecule has 0 saturated heterocycles.